The number of carbonyl (C=O) groups is 4. The van der Waals surface area contributed by atoms with Crippen LogP contribution in [0.2, 0.25) is 0 Å². The number of carbonyl (C=O) groups excluding carboxylic acids is 4. The second kappa shape index (κ2) is 70.2. The normalized spacial score (nSPS) is 14.1. The van der Waals surface area contributed by atoms with Crippen molar-refractivity contribution >= 4 is 39.5 Å². The van der Waals surface area contributed by atoms with Crippen molar-refractivity contribution in [1.29, 1.82) is 0 Å². The number of hydrogen-bond acceptors (Lipinski definition) is 15. The number of ether oxygens (including phenoxy) is 4. The summed E-state index contributed by atoms with van der Waals surface area (Å²) in [4.78, 5) is 72.9. The van der Waals surface area contributed by atoms with Crippen molar-refractivity contribution in [3.63, 3.8) is 0 Å². The highest BCUT2D eigenvalue weighted by atomic mass is 31.2. The van der Waals surface area contributed by atoms with Gasteiger partial charge in [0.05, 0.1) is 26.4 Å². The molecule has 2 unspecified atom stereocenters. The third kappa shape index (κ3) is 71.9. The Kier molecular flexibility index (Phi) is 68.5. The van der Waals surface area contributed by atoms with Gasteiger partial charge in [-0.05, 0) is 63.2 Å². The number of phosphoric acid groups is 2. The van der Waals surface area contributed by atoms with E-state index in [0.717, 1.165) is 121 Å². The molecule has 578 valence electrons. The van der Waals surface area contributed by atoms with Gasteiger partial charge in [-0.2, -0.15) is 0 Å². The first-order valence-electron chi connectivity index (χ1n) is 40.3. The van der Waals surface area contributed by atoms with Crippen LogP contribution < -0.4 is 0 Å². The number of esters is 4. The lowest BCUT2D eigenvalue weighted by atomic mass is 10.0. The highest BCUT2D eigenvalue weighted by Crippen LogP contribution is 2.45. The SMILES string of the molecule is CCCCCC/C=C\C=C/CCCCCCCC(=O)OC[C@H](COP(=O)(O)OC[C@@H](O)COP(=O)(O)OC[C@@H](COC(=O)CCCCCCCCCC(C)C)OC(=O)CCCCCCCCCCCCCC(C)C)OC(=O)CCCCCCCCCCCCCCCCCCCCC. The van der Waals surface area contributed by atoms with E-state index in [4.69, 9.17) is 37.0 Å². The first-order chi connectivity index (χ1) is 47.4. The second-order valence-electron chi connectivity index (χ2n) is 28.7. The van der Waals surface area contributed by atoms with E-state index in [-0.39, 0.29) is 25.7 Å². The van der Waals surface area contributed by atoms with Gasteiger partial charge in [-0.3, -0.25) is 37.3 Å². The Labute approximate surface area is 599 Å². The van der Waals surface area contributed by atoms with E-state index in [1.54, 1.807) is 0 Å². The molecule has 3 N–H and O–H groups in total. The summed E-state index contributed by atoms with van der Waals surface area (Å²) in [6.07, 6.45) is 62.0. The van der Waals surface area contributed by atoms with Crippen LogP contribution in [0.25, 0.3) is 0 Å². The molecule has 0 saturated heterocycles. The third-order valence-corrected chi connectivity index (χ3v) is 19.7. The summed E-state index contributed by atoms with van der Waals surface area (Å²) in [5.41, 5.74) is 0. The van der Waals surface area contributed by atoms with Crippen LogP contribution >= 0.6 is 15.6 Å². The number of hydrogen-bond donors (Lipinski definition) is 3. The van der Waals surface area contributed by atoms with Crippen molar-refractivity contribution in [3.05, 3.63) is 24.3 Å². The van der Waals surface area contributed by atoms with Crippen LogP contribution in [0.4, 0.5) is 0 Å². The molecule has 0 fully saturated rings. The maximum absolute atomic E-state index is 13.1. The van der Waals surface area contributed by atoms with Gasteiger partial charge in [0, 0.05) is 25.7 Å². The minimum Gasteiger partial charge on any atom is -0.462 e. The van der Waals surface area contributed by atoms with Crippen LogP contribution in [0.15, 0.2) is 24.3 Å². The average molecular weight is 1430 g/mol. The van der Waals surface area contributed by atoms with E-state index in [1.807, 2.05) is 0 Å². The Morgan fingerprint density at radius 3 is 0.837 bits per heavy atom. The Morgan fingerprint density at radius 2 is 0.551 bits per heavy atom. The molecule has 0 aliphatic rings. The topological polar surface area (TPSA) is 237 Å². The lowest BCUT2D eigenvalue weighted by Gasteiger charge is -2.21. The molecule has 0 saturated carbocycles. The number of aliphatic hydroxyl groups excluding tert-OH is 1. The Morgan fingerprint density at radius 1 is 0.316 bits per heavy atom. The number of rotatable bonds is 76. The lowest BCUT2D eigenvalue weighted by molar-refractivity contribution is -0.161. The van der Waals surface area contributed by atoms with Gasteiger partial charge in [0.15, 0.2) is 12.2 Å². The molecule has 17 nitrogen and oxygen atoms in total. The summed E-state index contributed by atoms with van der Waals surface area (Å²) in [5, 5.41) is 10.6. The standard InChI is InChI=1S/C79H150O17P2/c1-7-9-11-13-15-17-19-21-23-24-25-26-28-30-34-38-44-51-57-63-78(83)95-74(67-89-76(81)61-55-49-43-37-33-29-27-22-20-18-16-14-12-10-8-2)69-93-97(85,86)91-65-73(80)66-92-98(87,88)94-70-75(68-90-77(82)62-56-50-46-40-42-48-54-60-72(5)6)96-79(84)64-58-52-45-39-35-31-32-36-41-47-53-59-71(3)4/h18,20,22,27,71-75,80H,7-17,19,21,23-26,28-70H2,1-6H3,(H,85,86)(H,87,88)/b20-18-,27-22-/t73-,74-,75-/m1/s1. The maximum Gasteiger partial charge on any atom is 0.472 e. The molecule has 0 aliphatic carbocycles. The van der Waals surface area contributed by atoms with E-state index in [0.29, 0.717) is 31.6 Å². The van der Waals surface area contributed by atoms with Gasteiger partial charge in [0.2, 0.25) is 0 Å². The lowest BCUT2D eigenvalue weighted by Crippen LogP contribution is -2.30. The summed E-state index contributed by atoms with van der Waals surface area (Å²) in [6.45, 7) is 9.49. The molecule has 5 atom stereocenters. The minimum absolute atomic E-state index is 0.102. The number of aliphatic hydroxyl groups is 1. The van der Waals surface area contributed by atoms with E-state index in [1.165, 1.54) is 180 Å². The molecule has 0 rings (SSSR count). The molecular weight excluding hydrogens is 1280 g/mol. The van der Waals surface area contributed by atoms with E-state index in [9.17, 15) is 43.2 Å². The van der Waals surface area contributed by atoms with Gasteiger partial charge in [0.1, 0.15) is 19.3 Å². The zero-order valence-electron chi connectivity index (χ0n) is 63.6. The fourth-order valence-electron chi connectivity index (χ4n) is 11.6. The van der Waals surface area contributed by atoms with Gasteiger partial charge >= 0.3 is 39.5 Å². The summed E-state index contributed by atoms with van der Waals surface area (Å²) in [5.74, 6) is -0.676. The van der Waals surface area contributed by atoms with Crippen LogP contribution in [-0.2, 0) is 65.4 Å². The zero-order chi connectivity index (χ0) is 72.1. The molecular formula is C79H150O17P2. The summed E-state index contributed by atoms with van der Waals surface area (Å²) in [7, 11) is -9.93. The Balaban J connectivity index is 5.27. The van der Waals surface area contributed by atoms with Gasteiger partial charge in [-0.25, -0.2) is 9.13 Å². The van der Waals surface area contributed by atoms with Gasteiger partial charge < -0.3 is 33.8 Å². The largest absolute Gasteiger partial charge is 0.472 e. The molecule has 19 heteroatoms. The molecule has 0 radical (unpaired) electrons. The van der Waals surface area contributed by atoms with Crippen LogP contribution in [0.3, 0.4) is 0 Å². The first kappa shape index (κ1) is 95.5. The third-order valence-electron chi connectivity index (χ3n) is 17.8. The fourth-order valence-corrected chi connectivity index (χ4v) is 13.2. The summed E-state index contributed by atoms with van der Waals surface area (Å²) >= 11 is 0. The van der Waals surface area contributed by atoms with Crippen molar-refractivity contribution in [2.24, 2.45) is 11.8 Å². The molecule has 0 aliphatic heterocycles. The average Bonchev–Trinajstić information content (AvgIpc) is 0.968. The van der Waals surface area contributed by atoms with Crippen LogP contribution in [0.1, 0.15) is 388 Å². The monoisotopic (exact) mass is 1430 g/mol. The molecule has 98 heavy (non-hydrogen) atoms. The van der Waals surface area contributed by atoms with E-state index in [2.05, 4.69) is 65.8 Å². The van der Waals surface area contributed by atoms with Gasteiger partial charge in [0.25, 0.3) is 0 Å². The van der Waals surface area contributed by atoms with Crippen molar-refractivity contribution in [2.75, 3.05) is 39.6 Å². The smallest absolute Gasteiger partial charge is 0.462 e. The molecule has 0 aromatic carbocycles. The number of phosphoric ester groups is 2. The predicted molar refractivity (Wildman–Crippen MR) is 400 cm³/mol. The number of unbranched alkanes of at least 4 members (excludes halogenated alkanes) is 43. The summed E-state index contributed by atoms with van der Waals surface area (Å²) in [6, 6.07) is 0. The second-order valence-corrected chi connectivity index (χ2v) is 31.6. The minimum atomic E-state index is -4.97. The van der Waals surface area contributed by atoms with Crippen molar-refractivity contribution in [2.45, 2.75) is 407 Å². The quantitative estimate of drug-likeness (QED) is 0.0169. The van der Waals surface area contributed by atoms with Gasteiger partial charge in [-0.15, -0.1) is 0 Å². The zero-order valence-corrected chi connectivity index (χ0v) is 65.4. The van der Waals surface area contributed by atoms with Gasteiger partial charge in [-0.1, -0.05) is 336 Å². The molecule has 0 amide bonds. The molecule has 0 spiro atoms. The number of allylic oxidation sites excluding steroid dienone is 4. The van der Waals surface area contributed by atoms with Crippen LogP contribution in [0.5, 0.6) is 0 Å². The Hall–Kier alpha value is -2.46. The van der Waals surface area contributed by atoms with E-state index >= 15 is 0 Å². The molecule has 0 heterocycles. The van der Waals surface area contributed by atoms with Crippen molar-refractivity contribution in [3.8, 4) is 0 Å². The van der Waals surface area contributed by atoms with E-state index < -0.39 is 97.5 Å². The fraction of sp³-hybridized carbons (Fsp3) is 0.899. The van der Waals surface area contributed by atoms with Crippen molar-refractivity contribution in [1.82, 2.24) is 0 Å². The first-order valence-corrected chi connectivity index (χ1v) is 43.3. The van der Waals surface area contributed by atoms with Crippen molar-refractivity contribution < 1.29 is 80.2 Å². The maximum atomic E-state index is 13.1. The summed E-state index contributed by atoms with van der Waals surface area (Å²) < 4.78 is 68.6. The predicted octanol–water partition coefficient (Wildman–Crippen LogP) is 23.1. The van der Waals surface area contributed by atoms with Crippen LogP contribution in [-0.4, -0.2) is 96.7 Å². The highest BCUT2D eigenvalue weighted by Gasteiger charge is 2.30. The molecule has 0 aromatic rings. The molecule has 0 aromatic heterocycles. The molecule has 0 bridgehead atoms. The Bertz CT molecular complexity index is 1980. The highest BCUT2D eigenvalue weighted by molar-refractivity contribution is 7.47. The van der Waals surface area contributed by atoms with Crippen LogP contribution in [0, 0.1) is 11.8 Å².